The third-order valence-corrected chi connectivity index (χ3v) is 4.31. The predicted octanol–water partition coefficient (Wildman–Crippen LogP) is 4.07. The molecule has 1 N–H and O–H groups in total. The van der Waals surface area contributed by atoms with Crippen molar-refractivity contribution in [3.05, 3.63) is 69.8 Å². The largest absolute Gasteiger partial charge is 0.478 e. The normalized spacial score (nSPS) is 11.9. The molecule has 1 unspecified atom stereocenters. The molecule has 0 aliphatic carbocycles. The molecule has 29 heavy (non-hydrogen) atoms. The van der Waals surface area contributed by atoms with Crippen molar-refractivity contribution in [1.82, 2.24) is 5.32 Å². The molecule has 2 aromatic carbocycles. The van der Waals surface area contributed by atoms with Gasteiger partial charge < -0.3 is 9.47 Å². The smallest absolute Gasteiger partial charge is 0.313 e. The lowest BCUT2D eigenvalue weighted by molar-refractivity contribution is -0.384. The number of rotatable bonds is 11. The first-order valence-corrected chi connectivity index (χ1v) is 9.74. The Morgan fingerprint density at radius 3 is 2.52 bits per heavy atom. The number of nitrogens with zero attached hydrogens (tertiary/aromatic N) is 1. The van der Waals surface area contributed by atoms with E-state index in [1.807, 2.05) is 24.3 Å². The van der Waals surface area contributed by atoms with Gasteiger partial charge in [-0.25, -0.2) is 0 Å². The van der Waals surface area contributed by atoms with Crippen molar-refractivity contribution in [1.29, 1.82) is 0 Å². The number of nitrogens with one attached hydrogen (secondary N) is 1. The lowest BCUT2D eigenvalue weighted by Crippen LogP contribution is -2.24. The summed E-state index contributed by atoms with van der Waals surface area (Å²) in [5.74, 6) is 0.334. The van der Waals surface area contributed by atoms with Gasteiger partial charge in [-0.15, -0.1) is 0 Å². The first-order valence-electron chi connectivity index (χ1n) is 9.74. The van der Waals surface area contributed by atoms with Crippen LogP contribution in [-0.4, -0.2) is 30.8 Å². The van der Waals surface area contributed by atoms with Gasteiger partial charge in [0.15, 0.2) is 0 Å². The maximum absolute atomic E-state index is 12.6. The minimum atomic E-state index is -0.524. The molecule has 0 amide bonds. The molecule has 156 valence electrons. The quantitative estimate of drug-likeness (QED) is 0.201. The summed E-state index contributed by atoms with van der Waals surface area (Å²) in [5.41, 5.74) is 1.62. The molecule has 0 radical (unpaired) electrons. The zero-order chi connectivity index (χ0) is 21.2. The zero-order valence-electron chi connectivity index (χ0n) is 17.1. The van der Waals surface area contributed by atoms with Crippen molar-refractivity contribution in [2.24, 2.45) is 5.92 Å². The van der Waals surface area contributed by atoms with Gasteiger partial charge in [0.05, 0.1) is 17.4 Å². The average Bonchev–Trinajstić information content (AvgIpc) is 2.70. The van der Waals surface area contributed by atoms with Crippen molar-refractivity contribution >= 4 is 11.7 Å². The van der Waals surface area contributed by atoms with E-state index in [9.17, 15) is 14.9 Å². The van der Waals surface area contributed by atoms with Crippen LogP contribution < -0.4 is 10.1 Å². The minimum Gasteiger partial charge on any atom is -0.478 e. The molecule has 0 aliphatic heterocycles. The number of esters is 1. The molecule has 0 aromatic heterocycles. The van der Waals surface area contributed by atoms with Crippen LogP contribution >= 0.6 is 0 Å². The van der Waals surface area contributed by atoms with E-state index in [4.69, 9.17) is 9.47 Å². The van der Waals surface area contributed by atoms with Crippen molar-refractivity contribution in [2.75, 3.05) is 19.9 Å². The predicted molar refractivity (Wildman–Crippen MR) is 111 cm³/mol. The summed E-state index contributed by atoms with van der Waals surface area (Å²) in [6, 6.07) is 13.6. The summed E-state index contributed by atoms with van der Waals surface area (Å²) in [7, 11) is 0. The van der Waals surface area contributed by atoms with Crippen molar-refractivity contribution in [3.8, 4) is 5.75 Å². The number of benzene rings is 2. The second-order valence-electron chi connectivity index (χ2n) is 7.14. The van der Waals surface area contributed by atoms with Crippen molar-refractivity contribution < 1.29 is 19.2 Å². The molecular weight excluding hydrogens is 372 g/mol. The number of nitro groups is 1. The highest BCUT2D eigenvalue weighted by molar-refractivity contribution is 5.78. The van der Waals surface area contributed by atoms with Crippen LogP contribution in [0.1, 0.15) is 37.8 Å². The topological polar surface area (TPSA) is 90.7 Å². The molecule has 7 nitrogen and oxygen atoms in total. The summed E-state index contributed by atoms with van der Waals surface area (Å²) in [4.78, 5) is 23.0. The highest BCUT2D eigenvalue weighted by atomic mass is 16.6. The van der Waals surface area contributed by atoms with Gasteiger partial charge in [-0.2, -0.15) is 0 Å². The summed E-state index contributed by atoms with van der Waals surface area (Å²) in [6.07, 6.45) is 0.381. The van der Waals surface area contributed by atoms with Gasteiger partial charge >= 0.3 is 5.97 Å². The Balaban J connectivity index is 2.15. The maximum Gasteiger partial charge on any atom is 0.313 e. The van der Waals surface area contributed by atoms with Gasteiger partial charge in [0.2, 0.25) is 0 Å². The summed E-state index contributed by atoms with van der Waals surface area (Å²) in [6.45, 7) is 7.52. The number of non-ortho nitro benzene ring substituents is 1. The van der Waals surface area contributed by atoms with Crippen LogP contribution in [0.4, 0.5) is 5.69 Å². The van der Waals surface area contributed by atoms with E-state index >= 15 is 0 Å². The molecule has 2 aromatic rings. The first kappa shape index (κ1) is 22.4. The highest BCUT2D eigenvalue weighted by Crippen LogP contribution is 2.27. The first-order chi connectivity index (χ1) is 13.9. The van der Waals surface area contributed by atoms with Gasteiger partial charge in [0, 0.05) is 18.7 Å². The lowest BCUT2D eigenvalue weighted by atomic mass is 9.91. The number of nitro benzene ring substituents is 1. The molecule has 0 heterocycles. The lowest BCUT2D eigenvalue weighted by Gasteiger charge is -2.17. The Morgan fingerprint density at radius 2 is 1.90 bits per heavy atom. The molecule has 0 spiro atoms. The van der Waals surface area contributed by atoms with E-state index in [1.54, 1.807) is 19.1 Å². The number of hydrogen-bond acceptors (Lipinski definition) is 6. The third kappa shape index (κ3) is 7.19. The molecular formula is C22H28N2O5. The summed E-state index contributed by atoms with van der Waals surface area (Å²) in [5, 5.41) is 14.1. The zero-order valence-corrected chi connectivity index (χ0v) is 17.1. The standard InChI is InChI=1S/C22H28N2O5/c1-4-28-22(25)21(12-17-8-10-19(11-9-17)24(26)27)18-6-5-7-20(13-18)29-15-23-14-16(2)3/h5-11,13,16,21,23H,4,12,14-15H2,1-3H3. The minimum absolute atomic E-state index is 0.0192. The Kier molecular flexibility index (Phi) is 8.61. The van der Waals surface area contributed by atoms with Crippen LogP contribution in [0.15, 0.2) is 48.5 Å². The van der Waals surface area contributed by atoms with E-state index in [-0.39, 0.29) is 18.3 Å². The van der Waals surface area contributed by atoms with Crippen LogP contribution in [0.5, 0.6) is 5.75 Å². The Labute approximate surface area is 171 Å². The molecule has 0 fully saturated rings. The van der Waals surface area contributed by atoms with E-state index < -0.39 is 10.8 Å². The van der Waals surface area contributed by atoms with Crippen LogP contribution in [0.2, 0.25) is 0 Å². The van der Waals surface area contributed by atoms with Crippen LogP contribution in [0.25, 0.3) is 0 Å². The van der Waals surface area contributed by atoms with Crippen molar-refractivity contribution in [3.63, 3.8) is 0 Å². The second kappa shape index (κ2) is 11.2. The van der Waals surface area contributed by atoms with Gasteiger partial charge in [-0.3, -0.25) is 20.2 Å². The molecule has 0 aliphatic rings. The molecule has 0 saturated heterocycles. The molecule has 2 rings (SSSR count). The molecule has 1 atom stereocenters. The van der Waals surface area contributed by atoms with Gasteiger partial charge in [-0.1, -0.05) is 38.1 Å². The SMILES string of the molecule is CCOC(=O)C(Cc1ccc([N+](=O)[O-])cc1)c1cccc(OCNCC(C)C)c1. The number of carbonyl (C=O) groups excluding carboxylic acids is 1. The Hall–Kier alpha value is -2.93. The summed E-state index contributed by atoms with van der Waals surface area (Å²) >= 11 is 0. The third-order valence-electron chi connectivity index (χ3n) is 4.31. The number of hydrogen-bond donors (Lipinski definition) is 1. The van der Waals surface area contributed by atoms with Crippen molar-refractivity contribution in [2.45, 2.75) is 33.1 Å². The van der Waals surface area contributed by atoms with Crippen LogP contribution in [0.3, 0.4) is 0 Å². The van der Waals surface area contributed by atoms with E-state index in [1.165, 1.54) is 12.1 Å². The maximum atomic E-state index is 12.6. The average molecular weight is 400 g/mol. The van der Waals surface area contributed by atoms with E-state index in [0.29, 0.717) is 24.8 Å². The fourth-order valence-electron chi connectivity index (χ4n) is 2.87. The molecule has 0 bridgehead atoms. The Morgan fingerprint density at radius 1 is 1.17 bits per heavy atom. The number of carbonyl (C=O) groups is 1. The van der Waals surface area contributed by atoms with Crippen LogP contribution in [-0.2, 0) is 16.0 Å². The highest BCUT2D eigenvalue weighted by Gasteiger charge is 2.23. The van der Waals surface area contributed by atoms with Crippen LogP contribution in [0, 0.1) is 16.0 Å². The second-order valence-corrected chi connectivity index (χ2v) is 7.14. The van der Waals surface area contributed by atoms with E-state index in [2.05, 4.69) is 19.2 Å². The summed E-state index contributed by atoms with van der Waals surface area (Å²) < 4.78 is 11.0. The van der Waals surface area contributed by atoms with Gasteiger partial charge in [0.25, 0.3) is 5.69 Å². The van der Waals surface area contributed by atoms with Gasteiger partial charge in [0.1, 0.15) is 12.5 Å². The molecule has 7 heteroatoms. The monoisotopic (exact) mass is 400 g/mol. The number of ether oxygens (including phenoxy) is 2. The fraction of sp³-hybridized carbons (Fsp3) is 0.409. The van der Waals surface area contributed by atoms with Gasteiger partial charge in [-0.05, 0) is 42.5 Å². The molecule has 0 saturated carbocycles. The van der Waals surface area contributed by atoms with E-state index in [0.717, 1.165) is 17.7 Å². The Bertz CT molecular complexity index is 805. The fourth-order valence-corrected chi connectivity index (χ4v) is 2.87.